The molecule has 0 aliphatic carbocycles. The summed E-state index contributed by atoms with van der Waals surface area (Å²) in [6.45, 7) is 2.52. The zero-order valence-electron chi connectivity index (χ0n) is 19.4. The normalized spacial score (nSPS) is 16.3. The second-order valence-corrected chi connectivity index (χ2v) is 8.92. The van der Waals surface area contributed by atoms with E-state index >= 15 is 0 Å². The molecule has 190 valence electrons. The third kappa shape index (κ3) is 9.67. The Bertz CT molecular complexity index is 823. The van der Waals surface area contributed by atoms with Gasteiger partial charge in [0.25, 0.3) is 0 Å². The molecule has 3 amide bonds. The summed E-state index contributed by atoms with van der Waals surface area (Å²) in [5.41, 5.74) is 6.74. The third-order valence-electron chi connectivity index (χ3n) is 4.99. The van der Waals surface area contributed by atoms with Crippen LogP contribution in [0.2, 0.25) is 0 Å². The molecule has 0 spiro atoms. The lowest BCUT2D eigenvalue weighted by atomic mass is 10.0. The van der Waals surface area contributed by atoms with Crippen LogP contribution in [0.15, 0.2) is 30.3 Å². The molecule has 0 heterocycles. The van der Waals surface area contributed by atoms with Crippen LogP contribution in [0.1, 0.15) is 25.8 Å². The van der Waals surface area contributed by atoms with Gasteiger partial charge in [0.1, 0.15) is 18.1 Å². The molecule has 0 aliphatic heterocycles. The van der Waals surface area contributed by atoms with E-state index in [1.54, 1.807) is 30.5 Å². The molecular weight excluding hydrogens is 464 g/mol. The Balaban J connectivity index is 2.86. The number of aliphatic carboxylic acids is 1. The first kappa shape index (κ1) is 29.4. The van der Waals surface area contributed by atoms with Crippen LogP contribution in [0, 0.1) is 0 Å². The number of aliphatic hydroxyl groups is 2. The van der Waals surface area contributed by atoms with Crippen LogP contribution in [0.4, 0.5) is 0 Å². The van der Waals surface area contributed by atoms with Crippen molar-refractivity contribution in [3.8, 4) is 0 Å². The molecule has 34 heavy (non-hydrogen) atoms. The summed E-state index contributed by atoms with van der Waals surface area (Å²) < 4.78 is 0. The third-order valence-corrected chi connectivity index (χ3v) is 5.63. The highest BCUT2D eigenvalue weighted by atomic mass is 32.2. The smallest absolute Gasteiger partial charge is 0.326 e. The Hall–Kier alpha value is -2.67. The van der Waals surface area contributed by atoms with Gasteiger partial charge in [-0.3, -0.25) is 14.4 Å². The lowest BCUT2D eigenvalue weighted by Crippen LogP contribution is -2.62. The summed E-state index contributed by atoms with van der Waals surface area (Å²) in [4.78, 5) is 49.3. The predicted octanol–water partition coefficient (Wildman–Crippen LogP) is -1.39. The number of nitrogens with one attached hydrogen (secondary N) is 3. The predicted molar refractivity (Wildman–Crippen MR) is 128 cm³/mol. The second-order valence-electron chi connectivity index (χ2n) is 7.93. The van der Waals surface area contributed by atoms with Crippen LogP contribution in [-0.4, -0.2) is 87.4 Å². The molecule has 1 rings (SSSR count). The zero-order valence-corrected chi connectivity index (χ0v) is 20.2. The Kier molecular flexibility index (Phi) is 12.6. The van der Waals surface area contributed by atoms with Crippen molar-refractivity contribution < 1.29 is 34.5 Å². The van der Waals surface area contributed by atoms with Gasteiger partial charge in [0.05, 0.1) is 18.2 Å². The average Bonchev–Trinajstić information content (AvgIpc) is 2.77. The molecule has 0 bridgehead atoms. The molecular formula is C22H34N4O7S. The standard InChI is InChI=1S/C22H34N4O7S/c1-12(27)17(20(30)24-16(22(32)33)9-10-34-3)26-21(31)18(13(2)28)25-19(29)15(23)11-14-7-5-4-6-8-14/h4-8,12-13,15-18,27-28H,9-11,23H2,1-3H3,(H,24,30)(H,25,29)(H,26,31)(H,32,33). The highest BCUT2D eigenvalue weighted by Crippen LogP contribution is 2.05. The first-order chi connectivity index (χ1) is 16.0. The minimum Gasteiger partial charge on any atom is -0.480 e. The molecule has 0 fully saturated rings. The van der Waals surface area contributed by atoms with Crippen molar-refractivity contribution in [2.24, 2.45) is 5.73 Å². The van der Waals surface area contributed by atoms with Gasteiger partial charge in [-0.25, -0.2) is 4.79 Å². The molecule has 0 aliphatic rings. The highest BCUT2D eigenvalue weighted by molar-refractivity contribution is 7.98. The summed E-state index contributed by atoms with van der Waals surface area (Å²) in [6.07, 6.45) is -0.598. The number of rotatable bonds is 14. The summed E-state index contributed by atoms with van der Waals surface area (Å²) >= 11 is 1.40. The van der Waals surface area contributed by atoms with Gasteiger partial charge in [0.2, 0.25) is 17.7 Å². The number of carboxylic acids is 1. The number of carbonyl (C=O) groups is 4. The number of thioether (sulfide) groups is 1. The molecule has 0 saturated heterocycles. The summed E-state index contributed by atoms with van der Waals surface area (Å²) in [6, 6.07) is 3.81. The molecule has 8 N–H and O–H groups in total. The molecule has 1 aromatic carbocycles. The minimum atomic E-state index is -1.51. The average molecular weight is 499 g/mol. The van der Waals surface area contributed by atoms with Gasteiger partial charge in [0, 0.05) is 0 Å². The van der Waals surface area contributed by atoms with E-state index in [0.29, 0.717) is 5.75 Å². The molecule has 6 atom stereocenters. The van der Waals surface area contributed by atoms with E-state index in [9.17, 15) is 34.5 Å². The number of nitrogens with two attached hydrogens (primary N) is 1. The fourth-order valence-corrected chi connectivity index (χ4v) is 3.50. The van der Waals surface area contributed by atoms with E-state index in [4.69, 9.17) is 5.73 Å². The number of hydrogen-bond donors (Lipinski definition) is 7. The van der Waals surface area contributed by atoms with Crippen LogP contribution in [0.5, 0.6) is 0 Å². The van der Waals surface area contributed by atoms with Gasteiger partial charge in [-0.05, 0) is 44.3 Å². The van der Waals surface area contributed by atoms with Gasteiger partial charge in [-0.1, -0.05) is 30.3 Å². The van der Waals surface area contributed by atoms with E-state index in [-0.39, 0.29) is 12.8 Å². The van der Waals surface area contributed by atoms with Crippen molar-refractivity contribution in [3.05, 3.63) is 35.9 Å². The molecule has 11 nitrogen and oxygen atoms in total. The topological polar surface area (TPSA) is 191 Å². The van der Waals surface area contributed by atoms with Crippen molar-refractivity contribution in [1.29, 1.82) is 0 Å². The van der Waals surface area contributed by atoms with Crippen molar-refractivity contribution in [3.63, 3.8) is 0 Å². The number of amides is 3. The maximum Gasteiger partial charge on any atom is 0.326 e. The largest absolute Gasteiger partial charge is 0.480 e. The van der Waals surface area contributed by atoms with Crippen LogP contribution >= 0.6 is 11.8 Å². The SMILES string of the molecule is CSCCC(NC(=O)C(NC(=O)C(NC(=O)C(N)Cc1ccccc1)C(C)O)C(C)O)C(=O)O. The fraction of sp³-hybridized carbons (Fsp3) is 0.545. The highest BCUT2D eigenvalue weighted by Gasteiger charge is 2.34. The van der Waals surface area contributed by atoms with E-state index in [1.165, 1.54) is 25.6 Å². The molecule has 0 aromatic heterocycles. The van der Waals surface area contributed by atoms with Crippen molar-refractivity contribution >= 4 is 35.5 Å². The Morgan fingerprint density at radius 3 is 1.88 bits per heavy atom. The molecule has 0 saturated carbocycles. The number of benzene rings is 1. The lowest BCUT2D eigenvalue weighted by molar-refractivity contribution is -0.143. The number of carbonyl (C=O) groups excluding carboxylic acids is 3. The van der Waals surface area contributed by atoms with Crippen LogP contribution in [0.3, 0.4) is 0 Å². The van der Waals surface area contributed by atoms with Crippen LogP contribution < -0.4 is 21.7 Å². The van der Waals surface area contributed by atoms with Gasteiger partial charge in [-0.2, -0.15) is 11.8 Å². The van der Waals surface area contributed by atoms with E-state index in [2.05, 4.69) is 16.0 Å². The summed E-state index contributed by atoms with van der Waals surface area (Å²) in [5, 5.41) is 36.3. The Labute approximate surface area is 202 Å². The second kappa shape index (κ2) is 14.6. The maximum atomic E-state index is 12.8. The lowest BCUT2D eigenvalue weighted by Gasteiger charge is -2.27. The van der Waals surface area contributed by atoms with Crippen LogP contribution in [0.25, 0.3) is 0 Å². The van der Waals surface area contributed by atoms with Gasteiger partial charge in [-0.15, -0.1) is 0 Å². The van der Waals surface area contributed by atoms with E-state index in [1.807, 2.05) is 6.07 Å². The van der Waals surface area contributed by atoms with E-state index < -0.39 is 60.1 Å². The van der Waals surface area contributed by atoms with Crippen LogP contribution in [-0.2, 0) is 25.6 Å². The first-order valence-corrected chi connectivity index (χ1v) is 12.2. The quantitative estimate of drug-likeness (QED) is 0.162. The monoisotopic (exact) mass is 498 g/mol. The van der Waals surface area contributed by atoms with Crippen molar-refractivity contribution in [2.45, 2.75) is 63.1 Å². The summed E-state index contributed by atoms with van der Waals surface area (Å²) in [5.74, 6) is -3.31. The first-order valence-electron chi connectivity index (χ1n) is 10.8. The molecule has 0 radical (unpaired) electrons. The minimum absolute atomic E-state index is 0.147. The summed E-state index contributed by atoms with van der Waals surface area (Å²) in [7, 11) is 0. The maximum absolute atomic E-state index is 12.8. The Morgan fingerprint density at radius 1 is 0.912 bits per heavy atom. The molecule has 1 aromatic rings. The fourth-order valence-electron chi connectivity index (χ4n) is 3.03. The van der Waals surface area contributed by atoms with Gasteiger partial charge >= 0.3 is 5.97 Å². The number of aliphatic hydroxyl groups excluding tert-OH is 2. The zero-order chi connectivity index (χ0) is 25.8. The number of carboxylic acid groups (broad SMARTS) is 1. The van der Waals surface area contributed by atoms with E-state index in [0.717, 1.165) is 5.56 Å². The Morgan fingerprint density at radius 2 is 1.41 bits per heavy atom. The van der Waals surface area contributed by atoms with Crippen molar-refractivity contribution in [2.75, 3.05) is 12.0 Å². The molecule has 6 unspecified atom stereocenters. The molecule has 12 heteroatoms. The number of hydrogen-bond acceptors (Lipinski definition) is 8. The van der Waals surface area contributed by atoms with Crippen molar-refractivity contribution in [1.82, 2.24) is 16.0 Å². The van der Waals surface area contributed by atoms with Gasteiger partial charge in [0.15, 0.2) is 0 Å². The van der Waals surface area contributed by atoms with Gasteiger partial charge < -0.3 is 37.0 Å².